The van der Waals surface area contributed by atoms with Crippen LogP contribution in [0.2, 0.25) is 5.02 Å². The molecule has 1 atom stereocenters. The SMILES string of the molecule is NC(Cc1ncc(B(O)O)cc1Cl)C(=O)O. The zero-order chi connectivity index (χ0) is 12.3. The summed E-state index contributed by atoms with van der Waals surface area (Å²) in [6, 6.07) is 0.221. The molecule has 0 aliphatic rings. The van der Waals surface area contributed by atoms with Crippen molar-refractivity contribution in [3.05, 3.63) is 23.0 Å². The van der Waals surface area contributed by atoms with Crippen LogP contribution in [0.4, 0.5) is 0 Å². The number of aliphatic carboxylic acids is 1. The molecule has 0 bridgehead atoms. The second kappa shape index (κ2) is 5.26. The van der Waals surface area contributed by atoms with Crippen molar-refractivity contribution in [3.63, 3.8) is 0 Å². The molecule has 86 valence electrons. The van der Waals surface area contributed by atoms with Crippen molar-refractivity contribution in [2.75, 3.05) is 0 Å². The summed E-state index contributed by atoms with van der Waals surface area (Å²) in [7, 11) is -1.66. The van der Waals surface area contributed by atoms with Gasteiger partial charge in [-0.3, -0.25) is 9.78 Å². The highest BCUT2D eigenvalue weighted by atomic mass is 35.5. The van der Waals surface area contributed by atoms with Crippen LogP contribution >= 0.6 is 11.6 Å². The summed E-state index contributed by atoms with van der Waals surface area (Å²) in [6.07, 6.45) is 1.19. The van der Waals surface area contributed by atoms with Gasteiger partial charge in [0.15, 0.2) is 0 Å². The van der Waals surface area contributed by atoms with E-state index in [0.717, 1.165) is 0 Å². The van der Waals surface area contributed by atoms with Gasteiger partial charge in [-0.15, -0.1) is 0 Å². The van der Waals surface area contributed by atoms with E-state index in [9.17, 15) is 4.79 Å². The van der Waals surface area contributed by atoms with Gasteiger partial charge in [0, 0.05) is 18.1 Å². The molecule has 1 heterocycles. The Kier molecular flexibility index (Phi) is 4.25. The van der Waals surface area contributed by atoms with Crippen molar-refractivity contribution in [3.8, 4) is 0 Å². The van der Waals surface area contributed by atoms with Crippen LogP contribution in [-0.2, 0) is 11.2 Å². The molecular weight excluding hydrogens is 234 g/mol. The smallest absolute Gasteiger partial charge is 0.480 e. The summed E-state index contributed by atoms with van der Waals surface area (Å²) in [5.74, 6) is -1.15. The summed E-state index contributed by atoms with van der Waals surface area (Å²) in [4.78, 5) is 14.3. The molecule has 0 saturated heterocycles. The van der Waals surface area contributed by atoms with Crippen LogP contribution in [-0.4, -0.2) is 39.3 Å². The Labute approximate surface area is 96.8 Å². The van der Waals surface area contributed by atoms with Crippen LogP contribution in [0.15, 0.2) is 12.3 Å². The molecule has 0 fully saturated rings. The second-order valence-corrected chi connectivity index (χ2v) is 3.63. The lowest BCUT2D eigenvalue weighted by Gasteiger charge is -2.08. The van der Waals surface area contributed by atoms with Crippen LogP contribution in [0, 0.1) is 0 Å². The molecule has 1 rings (SSSR count). The predicted octanol–water partition coefficient (Wildman–Crippen LogP) is -1.63. The first-order chi connectivity index (χ1) is 7.41. The molecule has 0 aliphatic heterocycles. The van der Waals surface area contributed by atoms with E-state index in [4.69, 9.17) is 32.5 Å². The highest BCUT2D eigenvalue weighted by Crippen LogP contribution is 2.12. The van der Waals surface area contributed by atoms with Crippen molar-refractivity contribution in [1.82, 2.24) is 4.98 Å². The maximum Gasteiger partial charge on any atom is 0.490 e. The monoisotopic (exact) mass is 244 g/mol. The van der Waals surface area contributed by atoms with Gasteiger partial charge < -0.3 is 20.9 Å². The fourth-order valence-corrected chi connectivity index (χ4v) is 1.32. The van der Waals surface area contributed by atoms with Gasteiger partial charge in [0.25, 0.3) is 0 Å². The van der Waals surface area contributed by atoms with E-state index in [-0.39, 0.29) is 16.9 Å². The summed E-state index contributed by atoms with van der Waals surface area (Å²) >= 11 is 5.79. The topological polar surface area (TPSA) is 117 Å². The third kappa shape index (κ3) is 3.17. The maximum absolute atomic E-state index is 10.5. The number of nitrogens with two attached hydrogens (primary N) is 1. The van der Waals surface area contributed by atoms with Crippen LogP contribution in [0.5, 0.6) is 0 Å². The number of rotatable bonds is 4. The number of hydrogen-bond donors (Lipinski definition) is 4. The Hall–Kier alpha value is -1.15. The van der Waals surface area contributed by atoms with E-state index in [1.54, 1.807) is 0 Å². The highest BCUT2D eigenvalue weighted by Gasteiger charge is 2.18. The minimum atomic E-state index is -1.66. The number of carboxylic acids is 1. The largest absolute Gasteiger partial charge is 0.490 e. The van der Waals surface area contributed by atoms with Gasteiger partial charge in [-0.25, -0.2) is 0 Å². The third-order valence-corrected chi connectivity index (χ3v) is 2.29. The first kappa shape index (κ1) is 12.9. The summed E-state index contributed by atoms with van der Waals surface area (Å²) < 4.78 is 0. The van der Waals surface area contributed by atoms with Crippen molar-refractivity contribution in [1.29, 1.82) is 0 Å². The molecule has 0 aromatic carbocycles. The first-order valence-corrected chi connectivity index (χ1v) is 4.78. The number of aromatic nitrogens is 1. The Morgan fingerprint density at radius 3 is 2.69 bits per heavy atom. The van der Waals surface area contributed by atoms with Gasteiger partial charge in [-0.2, -0.15) is 0 Å². The number of halogens is 1. The van der Waals surface area contributed by atoms with Gasteiger partial charge in [0.1, 0.15) is 6.04 Å². The van der Waals surface area contributed by atoms with E-state index in [1.807, 2.05) is 0 Å². The molecule has 8 heteroatoms. The van der Waals surface area contributed by atoms with E-state index >= 15 is 0 Å². The molecule has 1 aromatic rings. The fraction of sp³-hybridized carbons (Fsp3) is 0.250. The van der Waals surface area contributed by atoms with E-state index in [2.05, 4.69) is 4.98 Å². The number of hydrogen-bond acceptors (Lipinski definition) is 5. The number of nitrogens with zero attached hydrogens (tertiary/aromatic N) is 1. The molecule has 1 aromatic heterocycles. The lowest BCUT2D eigenvalue weighted by atomic mass is 9.81. The van der Waals surface area contributed by atoms with Crippen molar-refractivity contribution < 1.29 is 19.9 Å². The maximum atomic E-state index is 10.5. The van der Waals surface area contributed by atoms with Crippen molar-refractivity contribution in [2.24, 2.45) is 5.73 Å². The zero-order valence-corrected chi connectivity index (χ0v) is 8.92. The Morgan fingerprint density at radius 2 is 2.25 bits per heavy atom. The minimum absolute atomic E-state index is 0.0179. The van der Waals surface area contributed by atoms with Crippen LogP contribution in [0.1, 0.15) is 5.69 Å². The van der Waals surface area contributed by atoms with Crippen molar-refractivity contribution in [2.45, 2.75) is 12.5 Å². The predicted molar refractivity (Wildman–Crippen MR) is 58.4 cm³/mol. The Bertz CT molecular complexity index is 402. The molecular formula is C8H10BClN2O4. The molecule has 5 N–H and O–H groups in total. The van der Waals surface area contributed by atoms with Crippen LogP contribution < -0.4 is 11.2 Å². The standard InChI is InChI=1S/C8H10BClN2O4/c10-5-1-4(9(15)16)3-12-7(5)2-6(11)8(13)14/h1,3,6,15-16H,2,11H2,(H,13,14). The van der Waals surface area contributed by atoms with Gasteiger partial charge in [-0.1, -0.05) is 11.6 Å². The molecule has 0 amide bonds. The van der Waals surface area contributed by atoms with Gasteiger partial charge in [0.2, 0.25) is 0 Å². The lowest BCUT2D eigenvalue weighted by molar-refractivity contribution is -0.138. The zero-order valence-electron chi connectivity index (χ0n) is 8.17. The normalized spacial score (nSPS) is 12.2. The molecule has 1 unspecified atom stereocenters. The van der Waals surface area contributed by atoms with Crippen LogP contribution in [0.3, 0.4) is 0 Å². The second-order valence-electron chi connectivity index (χ2n) is 3.22. The third-order valence-electron chi connectivity index (χ3n) is 1.97. The van der Waals surface area contributed by atoms with E-state index in [1.165, 1.54) is 12.3 Å². The number of pyridine rings is 1. The number of carbonyl (C=O) groups is 1. The molecule has 6 nitrogen and oxygen atoms in total. The lowest BCUT2D eigenvalue weighted by Crippen LogP contribution is -2.34. The van der Waals surface area contributed by atoms with Crippen LogP contribution in [0.25, 0.3) is 0 Å². The molecule has 16 heavy (non-hydrogen) atoms. The van der Waals surface area contributed by atoms with Gasteiger partial charge in [-0.05, 0) is 6.07 Å². The quantitative estimate of drug-likeness (QED) is 0.473. The van der Waals surface area contributed by atoms with Gasteiger partial charge in [0.05, 0.1) is 10.7 Å². The molecule has 0 saturated carbocycles. The average Bonchev–Trinajstić information content (AvgIpc) is 2.20. The summed E-state index contributed by atoms with van der Waals surface area (Å²) in [5.41, 5.74) is 5.76. The molecule has 0 spiro atoms. The molecule has 0 aliphatic carbocycles. The number of carboxylic acid groups (broad SMARTS) is 1. The summed E-state index contributed by atoms with van der Waals surface area (Å²) in [5, 5.41) is 26.5. The summed E-state index contributed by atoms with van der Waals surface area (Å²) in [6.45, 7) is 0. The first-order valence-electron chi connectivity index (χ1n) is 4.40. The highest BCUT2D eigenvalue weighted by molar-refractivity contribution is 6.58. The van der Waals surface area contributed by atoms with Gasteiger partial charge >= 0.3 is 13.1 Å². The van der Waals surface area contributed by atoms with E-state index in [0.29, 0.717) is 5.69 Å². The fourth-order valence-electron chi connectivity index (χ4n) is 1.07. The molecule has 0 radical (unpaired) electrons. The average molecular weight is 244 g/mol. The Morgan fingerprint density at radius 1 is 1.62 bits per heavy atom. The van der Waals surface area contributed by atoms with E-state index < -0.39 is 19.1 Å². The Balaban J connectivity index is 2.87. The minimum Gasteiger partial charge on any atom is -0.480 e. The van der Waals surface area contributed by atoms with Crippen molar-refractivity contribution >= 4 is 30.2 Å².